The minimum atomic E-state index is -0.842. The van der Waals surface area contributed by atoms with Crippen molar-refractivity contribution < 1.29 is 19.1 Å². The molecular weight excluding hydrogens is 248 g/mol. The summed E-state index contributed by atoms with van der Waals surface area (Å²) in [6, 6.07) is 6.86. The zero-order valence-electron chi connectivity index (χ0n) is 11.2. The van der Waals surface area contributed by atoms with Gasteiger partial charge in [-0.3, -0.25) is 5.32 Å². The first kappa shape index (κ1) is 14.8. The smallest absolute Gasteiger partial charge is 0.412 e. The molecule has 1 aromatic rings. The molecule has 19 heavy (non-hydrogen) atoms. The van der Waals surface area contributed by atoms with E-state index in [4.69, 9.17) is 10.5 Å². The third-order valence-corrected chi connectivity index (χ3v) is 1.95. The molecule has 3 N–H and O–H groups in total. The maximum Gasteiger partial charge on any atom is 0.412 e. The van der Waals surface area contributed by atoms with Crippen LogP contribution in [-0.2, 0) is 16.1 Å². The van der Waals surface area contributed by atoms with Crippen LogP contribution in [0.3, 0.4) is 0 Å². The number of carbonyl (C=O) groups is 2. The molecule has 104 valence electrons. The average molecular weight is 266 g/mol. The Labute approximate surface area is 111 Å². The molecule has 0 aliphatic heterocycles. The van der Waals surface area contributed by atoms with Crippen LogP contribution >= 0.6 is 0 Å². The quantitative estimate of drug-likeness (QED) is 0.879. The minimum Gasteiger partial charge on any atom is -0.445 e. The minimum absolute atomic E-state index is 0.0547. The number of primary amides is 1. The van der Waals surface area contributed by atoms with E-state index in [1.165, 1.54) is 0 Å². The Morgan fingerprint density at radius 3 is 2.58 bits per heavy atom. The van der Waals surface area contributed by atoms with Crippen LogP contribution in [0.5, 0.6) is 0 Å². The second-order valence-electron chi connectivity index (χ2n) is 4.93. The van der Waals surface area contributed by atoms with Crippen molar-refractivity contribution in [2.75, 3.05) is 5.32 Å². The van der Waals surface area contributed by atoms with Gasteiger partial charge >= 0.3 is 12.2 Å². The summed E-state index contributed by atoms with van der Waals surface area (Å²) < 4.78 is 9.79. The summed E-state index contributed by atoms with van der Waals surface area (Å²) in [5.41, 5.74) is 5.59. The molecule has 2 amide bonds. The lowest BCUT2D eigenvalue weighted by molar-refractivity contribution is 0.0635. The Balaban J connectivity index is 2.61. The van der Waals surface area contributed by atoms with Crippen molar-refractivity contribution in [2.45, 2.75) is 33.0 Å². The number of benzene rings is 1. The highest BCUT2D eigenvalue weighted by atomic mass is 16.6. The SMILES string of the molecule is CC(C)(C)OC(=O)Nc1cccc(COC(N)=O)c1. The number of hydrogen-bond acceptors (Lipinski definition) is 4. The van der Waals surface area contributed by atoms with Gasteiger partial charge in [-0.25, -0.2) is 9.59 Å². The summed E-state index contributed by atoms with van der Waals surface area (Å²) in [7, 11) is 0. The summed E-state index contributed by atoms with van der Waals surface area (Å²) in [6.45, 7) is 5.40. The molecule has 0 saturated heterocycles. The molecule has 0 fully saturated rings. The van der Waals surface area contributed by atoms with Gasteiger partial charge in [0.2, 0.25) is 0 Å². The van der Waals surface area contributed by atoms with Crippen LogP contribution < -0.4 is 11.1 Å². The van der Waals surface area contributed by atoms with Crippen LogP contribution in [0.2, 0.25) is 0 Å². The molecule has 0 radical (unpaired) electrons. The highest BCUT2D eigenvalue weighted by molar-refractivity contribution is 5.84. The molecule has 0 aromatic heterocycles. The molecule has 1 aromatic carbocycles. The van der Waals surface area contributed by atoms with Gasteiger partial charge in [-0.2, -0.15) is 0 Å². The van der Waals surface area contributed by atoms with E-state index in [0.29, 0.717) is 11.3 Å². The standard InChI is InChI=1S/C13H18N2O4/c1-13(2,3)19-12(17)15-10-6-4-5-9(7-10)8-18-11(14)16/h4-7H,8H2,1-3H3,(H2,14,16)(H,15,17). The highest BCUT2D eigenvalue weighted by Gasteiger charge is 2.16. The lowest BCUT2D eigenvalue weighted by Gasteiger charge is -2.19. The zero-order chi connectivity index (χ0) is 14.5. The largest absolute Gasteiger partial charge is 0.445 e. The lowest BCUT2D eigenvalue weighted by atomic mass is 10.2. The maximum absolute atomic E-state index is 11.6. The van der Waals surface area contributed by atoms with Crippen molar-refractivity contribution in [1.29, 1.82) is 0 Å². The Kier molecular flexibility index (Phi) is 4.74. The third kappa shape index (κ3) is 6.30. The van der Waals surface area contributed by atoms with E-state index < -0.39 is 17.8 Å². The van der Waals surface area contributed by atoms with Crippen molar-refractivity contribution >= 4 is 17.9 Å². The maximum atomic E-state index is 11.6. The first-order valence-corrected chi connectivity index (χ1v) is 5.77. The molecule has 6 heteroatoms. The summed E-state index contributed by atoms with van der Waals surface area (Å²) in [4.78, 5) is 22.1. The molecule has 0 heterocycles. The normalized spacial score (nSPS) is 10.7. The van der Waals surface area contributed by atoms with E-state index >= 15 is 0 Å². The Morgan fingerprint density at radius 1 is 1.32 bits per heavy atom. The molecule has 0 saturated carbocycles. The van der Waals surface area contributed by atoms with Crippen LogP contribution in [0.25, 0.3) is 0 Å². The molecule has 1 rings (SSSR count). The predicted octanol–water partition coefficient (Wildman–Crippen LogP) is 2.63. The summed E-state index contributed by atoms with van der Waals surface area (Å²) in [5, 5.41) is 2.59. The number of carbonyl (C=O) groups excluding carboxylic acids is 2. The van der Waals surface area contributed by atoms with Crippen LogP contribution in [-0.4, -0.2) is 17.8 Å². The molecule has 0 aliphatic carbocycles. The Bertz CT molecular complexity index is 466. The third-order valence-electron chi connectivity index (χ3n) is 1.95. The molecule has 0 aliphatic rings. The number of rotatable bonds is 3. The van der Waals surface area contributed by atoms with Crippen LogP contribution in [0.1, 0.15) is 26.3 Å². The fourth-order valence-corrected chi connectivity index (χ4v) is 1.31. The van der Waals surface area contributed by atoms with E-state index in [9.17, 15) is 9.59 Å². The number of nitrogens with one attached hydrogen (secondary N) is 1. The van der Waals surface area contributed by atoms with E-state index in [1.54, 1.807) is 45.0 Å². The van der Waals surface area contributed by atoms with Crippen LogP contribution in [0, 0.1) is 0 Å². The Morgan fingerprint density at radius 2 is 2.00 bits per heavy atom. The molecule has 0 spiro atoms. The summed E-state index contributed by atoms with van der Waals surface area (Å²) >= 11 is 0. The second-order valence-corrected chi connectivity index (χ2v) is 4.93. The van der Waals surface area contributed by atoms with Gasteiger partial charge in [0, 0.05) is 5.69 Å². The second kappa shape index (κ2) is 6.08. The van der Waals surface area contributed by atoms with Crippen LogP contribution in [0.4, 0.5) is 15.3 Å². The van der Waals surface area contributed by atoms with Gasteiger partial charge in [-0.15, -0.1) is 0 Å². The van der Waals surface area contributed by atoms with Crippen molar-refractivity contribution in [3.63, 3.8) is 0 Å². The van der Waals surface area contributed by atoms with Gasteiger partial charge in [-0.05, 0) is 38.5 Å². The summed E-state index contributed by atoms with van der Waals surface area (Å²) in [5.74, 6) is 0. The first-order chi connectivity index (χ1) is 8.76. The first-order valence-electron chi connectivity index (χ1n) is 5.77. The zero-order valence-corrected chi connectivity index (χ0v) is 11.2. The fraction of sp³-hybridized carbons (Fsp3) is 0.385. The van der Waals surface area contributed by atoms with E-state index in [2.05, 4.69) is 10.1 Å². The number of anilines is 1. The van der Waals surface area contributed by atoms with Gasteiger partial charge in [0.25, 0.3) is 0 Å². The molecule has 0 bridgehead atoms. The van der Waals surface area contributed by atoms with Gasteiger partial charge in [0.1, 0.15) is 12.2 Å². The summed E-state index contributed by atoms with van der Waals surface area (Å²) in [6.07, 6.45) is -1.38. The molecule has 0 atom stereocenters. The number of nitrogens with two attached hydrogens (primary N) is 1. The van der Waals surface area contributed by atoms with E-state index in [1.807, 2.05) is 0 Å². The van der Waals surface area contributed by atoms with E-state index in [0.717, 1.165) is 0 Å². The van der Waals surface area contributed by atoms with Crippen molar-refractivity contribution in [2.24, 2.45) is 5.73 Å². The number of ether oxygens (including phenoxy) is 2. The van der Waals surface area contributed by atoms with Gasteiger partial charge in [0.05, 0.1) is 0 Å². The average Bonchev–Trinajstić information content (AvgIpc) is 2.24. The lowest BCUT2D eigenvalue weighted by Crippen LogP contribution is -2.27. The number of hydrogen-bond donors (Lipinski definition) is 2. The topological polar surface area (TPSA) is 90.7 Å². The highest BCUT2D eigenvalue weighted by Crippen LogP contribution is 2.14. The Hall–Kier alpha value is -2.24. The van der Waals surface area contributed by atoms with Crippen molar-refractivity contribution in [3.05, 3.63) is 29.8 Å². The van der Waals surface area contributed by atoms with Gasteiger partial charge < -0.3 is 15.2 Å². The number of amides is 2. The van der Waals surface area contributed by atoms with Crippen molar-refractivity contribution in [1.82, 2.24) is 0 Å². The monoisotopic (exact) mass is 266 g/mol. The molecular formula is C13H18N2O4. The molecule has 0 unspecified atom stereocenters. The van der Waals surface area contributed by atoms with Gasteiger partial charge in [-0.1, -0.05) is 12.1 Å². The van der Waals surface area contributed by atoms with Crippen molar-refractivity contribution in [3.8, 4) is 0 Å². The van der Waals surface area contributed by atoms with Gasteiger partial charge in [0.15, 0.2) is 0 Å². The van der Waals surface area contributed by atoms with E-state index in [-0.39, 0.29) is 6.61 Å². The fourth-order valence-electron chi connectivity index (χ4n) is 1.31. The van der Waals surface area contributed by atoms with Crippen LogP contribution in [0.15, 0.2) is 24.3 Å². The molecule has 6 nitrogen and oxygen atoms in total. The predicted molar refractivity (Wildman–Crippen MR) is 70.7 cm³/mol.